The van der Waals surface area contributed by atoms with Gasteiger partial charge in [-0.3, -0.25) is 0 Å². The van der Waals surface area contributed by atoms with Crippen molar-refractivity contribution in [2.45, 2.75) is 12.8 Å². The number of hydrogen-bond donors (Lipinski definition) is 1. The zero-order valence-electron chi connectivity index (χ0n) is 9.36. The van der Waals surface area contributed by atoms with E-state index in [-0.39, 0.29) is 0 Å². The smallest absolute Gasteiger partial charge is 0.105 e. The second-order valence-electron chi connectivity index (χ2n) is 3.81. The molecule has 0 atom stereocenters. The molecule has 0 spiro atoms. The van der Waals surface area contributed by atoms with E-state index >= 15 is 0 Å². The van der Waals surface area contributed by atoms with Gasteiger partial charge in [-0.1, -0.05) is 30.3 Å². The molecule has 0 aliphatic carbocycles. The third-order valence-corrected chi connectivity index (χ3v) is 2.56. The molecule has 16 heavy (non-hydrogen) atoms. The first-order valence-electron chi connectivity index (χ1n) is 5.72. The average molecular weight is 215 g/mol. The largest absolute Gasteiger partial charge is 0.469 e. The van der Waals surface area contributed by atoms with E-state index in [1.807, 2.05) is 18.2 Å². The second-order valence-corrected chi connectivity index (χ2v) is 3.81. The van der Waals surface area contributed by atoms with E-state index in [0.29, 0.717) is 0 Å². The molecular formula is C14H17NO. The van der Waals surface area contributed by atoms with E-state index in [1.165, 1.54) is 5.56 Å². The molecular weight excluding hydrogens is 198 g/mol. The normalized spacial score (nSPS) is 10.5. The van der Waals surface area contributed by atoms with Crippen LogP contribution in [0.15, 0.2) is 53.1 Å². The van der Waals surface area contributed by atoms with Gasteiger partial charge in [-0.15, -0.1) is 0 Å². The summed E-state index contributed by atoms with van der Waals surface area (Å²) in [5.41, 5.74) is 1.38. The molecule has 2 nitrogen and oxygen atoms in total. The van der Waals surface area contributed by atoms with Crippen LogP contribution in [0.2, 0.25) is 0 Å². The predicted molar refractivity (Wildman–Crippen MR) is 65.4 cm³/mol. The fourth-order valence-corrected chi connectivity index (χ4v) is 1.67. The molecule has 2 heteroatoms. The summed E-state index contributed by atoms with van der Waals surface area (Å²) < 4.78 is 5.26. The third-order valence-electron chi connectivity index (χ3n) is 2.56. The van der Waals surface area contributed by atoms with Gasteiger partial charge in [-0.2, -0.15) is 0 Å². The monoisotopic (exact) mass is 215 g/mol. The van der Waals surface area contributed by atoms with Gasteiger partial charge in [0.05, 0.1) is 6.26 Å². The topological polar surface area (TPSA) is 25.2 Å². The molecule has 0 bridgehead atoms. The highest BCUT2D eigenvalue weighted by Crippen LogP contribution is 2.00. The van der Waals surface area contributed by atoms with Crippen molar-refractivity contribution in [2.24, 2.45) is 0 Å². The Bertz CT molecular complexity index is 380. The van der Waals surface area contributed by atoms with Crippen LogP contribution in [-0.4, -0.2) is 13.1 Å². The Morgan fingerprint density at radius 3 is 2.44 bits per heavy atom. The maximum absolute atomic E-state index is 5.26. The highest BCUT2D eigenvalue weighted by molar-refractivity contribution is 5.14. The van der Waals surface area contributed by atoms with Crippen molar-refractivity contribution >= 4 is 0 Å². The first-order chi connectivity index (χ1) is 7.95. The molecule has 0 aliphatic rings. The number of rotatable bonds is 6. The van der Waals surface area contributed by atoms with E-state index in [1.54, 1.807) is 6.26 Å². The Balaban J connectivity index is 1.59. The molecule has 2 rings (SSSR count). The van der Waals surface area contributed by atoms with E-state index in [9.17, 15) is 0 Å². The zero-order valence-corrected chi connectivity index (χ0v) is 9.36. The average Bonchev–Trinajstić information content (AvgIpc) is 2.83. The summed E-state index contributed by atoms with van der Waals surface area (Å²) in [4.78, 5) is 0. The van der Waals surface area contributed by atoms with Crippen molar-refractivity contribution in [3.8, 4) is 0 Å². The first kappa shape index (κ1) is 11.0. The molecule has 2 aromatic rings. The van der Waals surface area contributed by atoms with Crippen LogP contribution in [0.5, 0.6) is 0 Å². The van der Waals surface area contributed by atoms with Crippen LogP contribution in [-0.2, 0) is 12.8 Å². The van der Waals surface area contributed by atoms with E-state index in [0.717, 1.165) is 31.7 Å². The molecule has 0 aliphatic heterocycles. The summed E-state index contributed by atoms with van der Waals surface area (Å²) in [6, 6.07) is 14.5. The van der Waals surface area contributed by atoms with Crippen LogP contribution >= 0.6 is 0 Å². The summed E-state index contributed by atoms with van der Waals surface area (Å²) in [7, 11) is 0. The Morgan fingerprint density at radius 2 is 1.69 bits per heavy atom. The minimum absolute atomic E-state index is 0.960. The van der Waals surface area contributed by atoms with Gasteiger partial charge in [0.15, 0.2) is 0 Å². The quantitative estimate of drug-likeness (QED) is 0.749. The van der Waals surface area contributed by atoms with Gasteiger partial charge in [-0.05, 0) is 30.7 Å². The Hall–Kier alpha value is -1.54. The van der Waals surface area contributed by atoms with Gasteiger partial charge >= 0.3 is 0 Å². The lowest BCUT2D eigenvalue weighted by molar-refractivity contribution is 0.499. The molecule has 0 radical (unpaired) electrons. The highest BCUT2D eigenvalue weighted by atomic mass is 16.3. The van der Waals surface area contributed by atoms with Gasteiger partial charge in [-0.25, -0.2) is 0 Å². The van der Waals surface area contributed by atoms with Crippen molar-refractivity contribution in [3.63, 3.8) is 0 Å². The molecule has 0 unspecified atom stereocenters. The van der Waals surface area contributed by atoms with Gasteiger partial charge < -0.3 is 9.73 Å². The Labute approximate surface area is 96.3 Å². The summed E-state index contributed by atoms with van der Waals surface area (Å²) in [6.07, 6.45) is 3.76. The number of furan rings is 1. The molecule has 0 fully saturated rings. The minimum Gasteiger partial charge on any atom is -0.469 e. The summed E-state index contributed by atoms with van der Waals surface area (Å²) in [5.74, 6) is 1.05. The Morgan fingerprint density at radius 1 is 0.875 bits per heavy atom. The highest BCUT2D eigenvalue weighted by Gasteiger charge is 1.95. The van der Waals surface area contributed by atoms with Crippen LogP contribution in [0.1, 0.15) is 11.3 Å². The van der Waals surface area contributed by atoms with Crippen LogP contribution in [0, 0.1) is 0 Å². The molecule has 1 aromatic carbocycles. The van der Waals surface area contributed by atoms with Crippen molar-refractivity contribution < 1.29 is 4.42 Å². The minimum atomic E-state index is 0.960. The molecule has 0 saturated heterocycles. The summed E-state index contributed by atoms with van der Waals surface area (Å²) >= 11 is 0. The standard InChI is InChI=1S/C14H17NO/c1-2-5-13(6-3-1)8-10-15-11-9-14-7-4-12-16-14/h1-7,12,15H,8-11H2. The lowest BCUT2D eigenvalue weighted by Crippen LogP contribution is -2.19. The van der Waals surface area contributed by atoms with Gasteiger partial charge in [0, 0.05) is 13.0 Å². The van der Waals surface area contributed by atoms with Crippen LogP contribution in [0.25, 0.3) is 0 Å². The maximum Gasteiger partial charge on any atom is 0.105 e. The fraction of sp³-hybridized carbons (Fsp3) is 0.286. The van der Waals surface area contributed by atoms with Crippen molar-refractivity contribution in [1.82, 2.24) is 5.32 Å². The molecule has 1 heterocycles. The summed E-state index contributed by atoms with van der Waals surface area (Å²) in [6.45, 7) is 1.99. The van der Waals surface area contributed by atoms with Crippen LogP contribution in [0.4, 0.5) is 0 Å². The van der Waals surface area contributed by atoms with Crippen LogP contribution < -0.4 is 5.32 Å². The third kappa shape index (κ3) is 3.55. The van der Waals surface area contributed by atoms with Gasteiger partial charge in [0.2, 0.25) is 0 Å². The van der Waals surface area contributed by atoms with Gasteiger partial charge in [0.25, 0.3) is 0 Å². The summed E-state index contributed by atoms with van der Waals surface area (Å²) in [5, 5.41) is 3.41. The first-order valence-corrected chi connectivity index (χ1v) is 5.72. The van der Waals surface area contributed by atoms with E-state index < -0.39 is 0 Å². The number of benzene rings is 1. The lowest BCUT2D eigenvalue weighted by atomic mass is 10.1. The number of nitrogens with one attached hydrogen (secondary N) is 1. The van der Waals surface area contributed by atoms with Gasteiger partial charge in [0.1, 0.15) is 5.76 Å². The molecule has 1 aromatic heterocycles. The lowest BCUT2D eigenvalue weighted by Gasteiger charge is -2.03. The molecule has 1 N–H and O–H groups in total. The van der Waals surface area contributed by atoms with E-state index in [4.69, 9.17) is 4.42 Å². The zero-order chi connectivity index (χ0) is 11.1. The van der Waals surface area contributed by atoms with Crippen molar-refractivity contribution in [3.05, 3.63) is 60.1 Å². The second kappa shape index (κ2) is 6.13. The maximum atomic E-state index is 5.26. The SMILES string of the molecule is c1ccc(CCNCCc2ccco2)cc1. The number of hydrogen-bond acceptors (Lipinski definition) is 2. The van der Waals surface area contributed by atoms with Crippen LogP contribution in [0.3, 0.4) is 0 Å². The van der Waals surface area contributed by atoms with Crippen molar-refractivity contribution in [2.75, 3.05) is 13.1 Å². The molecule has 0 saturated carbocycles. The van der Waals surface area contributed by atoms with E-state index in [2.05, 4.69) is 29.6 Å². The molecule has 0 amide bonds. The Kier molecular flexibility index (Phi) is 4.20. The molecule has 84 valence electrons. The fourth-order valence-electron chi connectivity index (χ4n) is 1.67. The van der Waals surface area contributed by atoms with Crippen molar-refractivity contribution in [1.29, 1.82) is 0 Å². The predicted octanol–water partition coefficient (Wildman–Crippen LogP) is 2.65.